The van der Waals surface area contributed by atoms with Crippen molar-refractivity contribution in [3.63, 3.8) is 0 Å². The first-order chi connectivity index (χ1) is 6.96. The highest BCUT2D eigenvalue weighted by molar-refractivity contribution is 5.70. The van der Waals surface area contributed by atoms with Crippen LogP contribution < -0.4 is 9.47 Å². The Labute approximate surface area is 77.5 Å². The van der Waals surface area contributed by atoms with E-state index in [0.717, 1.165) is 0 Å². The quantitative estimate of drug-likeness (QED) is 0.742. The number of hydrogen-bond acceptors (Lipinski definition) is 3. The summed E-state index contributed by atoms with van der Waals surface area (Å²) in [5, 5.41) is 8.57. The number of carbonyl (C=O) groups is 1. The van der Waals surface area contributed by atoms with Gasteiger partial charge in [-0.25, -0.2) is 0 Å². The van der Waals surface area contributed by atoms with Crippen molar-refractivity contribution in [1.82, 2.24) is 0 Å². The summed E-state index contributed by atoms with van der Waals surface area (Å²) in [5.41, 5.74) is 0.544. The Hall–Kier alpha value is -1.71. The molecule has 0 saturated heterocycles. The van der Waals surface area contributed by atoms with Gasteiger partial charge in [-0.3, -0.25) is 4.79 Å². The summed E-state index contributed by atoms with van der Waals surface area (Å²) in [6.07, 6.45) is -0.125. The first kappa shape index (κ1) is 5.85. The molecule has 0 radical (unpaired) electrons. The summed E-state index contributed by atoms with van der Waals surface area (Å²) in [6.45, 7) is -2.16. The summed E-state index contributed by atoms with van der Waals surface area (Å²) in [4.78, 5) is 10.5. The summed E-state index contributed by atoms with van der Waals surface area (Å²) >= 11 is 0. The second-order valence-corrected chi connectivity index (χ2v) is 2.64. The molecule has 1 N–H and O–H groups in total. The minimum absolute atomic E-state index is 0.125. The maximum absolute atomic E-state index is 10.5. The Morgan fingerprint density at radius 3 is 3.08 bits per heavy atom. The molecule has 1 heterocycles. The molecule has 0 atom stereocenters. The Balaban J connectivity index is 2.26. The predicted molar refractivity (Wildman–Crippen MR) is 43.9 cm³/mol. The number of carboxylic acid groups (broad SMARTS) is 1. The molecule has 4 nitrogen and oxygen atoms in total. The maximum atomic E-state index is 10.5. The van der Waals surface area contributed by atoms with Crippen molar-refractivity contribution >= 4 is 5.97 Å². The molecule has 0 aromatic heterocycles. The monoisotopic (exact) mass is 182 g/mol. The standard InChI is InChI=1S/C9H8O4/c10-9(11)4-6-1-2-7-8(3-6)13-5-12-7/h1-3H,4-5H2,(H,10,11)/i5D2. The zero-order chi connectivity index (χ0) is 11.1. The van der Waals surface area contributed by atoms with Crippen LogP contribution in [0.5, 0.6) is 11.5 Å². The third kappa shape index (κ3) is 1.56. The topological polar surface area (TPSA) is 55.8 Å². The second kappa shape index (κ2) is 2.97. The lowest BCUT2D eigenvalue weighted by atomic mass is 10.1. The molecule has 1 aromatic carbocycles. The van der Waals surface area contributed by atoms with E-state index in [2.05, 4.69) is 0 Å². The van der Waals surface area contributed by atoms with Crippen LogP contribution in [0.1, 0.15) is 8.30 Å². The van der Waals surface area contributed by atoms with E-state index < -0.39 is 12.7 Å². The van der Waals surface area contributed by atoms with Gasteiger partial charge in [0, 0.05) is 0 Å². The van der Waals surface area contributed by atoms with Gasteiger partial charge >= 0.3 is 5.97 Å². The molecule has 1 aromatic rings. The van der Waals surface area contributed by atoms with Crippen molar-refractivity contribution in [1.29, 1.82) is 0 Å². The summed E-state index contributed by atoms with van der Waals surface area (Å²) in [7, 11) is 0. The molecular weight excluding hydrogens is 172 g/mol. The average Bonchev–Trinajstić information content (AvgIpc) is 2.36. The Kier molecular flexibility index (Phi) is 1.34. The van der Waals surface area contributed by atoms with Crippen LogP contribution >= 0.6 is 0 Å². The number of benzene rings is 1. The van der Waals surface area contributed by atoms with Crippen LogP contribution in [0.2, 0.25) is 0 Å². The fourth-order valence-corrected chi connectivity index (χ4v) is 1.11. The molecule has 13 heavy (non-hydrogen) atoms. The Bertz CT molecular complexity index is 417. The van der Waals surface area contributed by atoms with Gasteiger partial charge in [0.15, 0.2) is 11.5 Å². The molecule has 4 heteroatoms. The number of hydrogen-bond donors (Lipinski definition) is 1. The molecule has 0 spiro atoms. The highest BCUT2D eigenvalue weighted by Gasteiger charge is 2.13. The van der Waals surface area contributed by atoms with Gasteiger partial charge in [0.2, 0.25) is 6.75 Å². The molecule has 0 fully saturated rings. The molecule has 68 valence electrons. The summed E-state index contributed by atoms with van der Waals surface area (Å²) in [6, 6.07) is 4.53. The maximum Gasteiger partial charge on any atom is 0.307 e. The van der Waals surface area contributed by atoms with E-state index in [1.807, 2.05) is 0 Å². The molecule has 0 aliphatic carbocycles. The number of aliphatic carboxylic acids is 1. The number of ether oxygens (including phenoxy) is 2. The Morgan fingerprint density at radius 2 is 2.31 bits per heavy atom. The van der Waals surface area contributed by atoms with E-state index in [9.17, 15) is 4.79 Å². The summed E-state index contributed by atoms with van der Waals surface area (Å²) < 4.78 is 24.0. The van der Waals surface area contributed by atoms with Gasteiger partial charge in [-0.15, -0.1) is 0 Å². The molecule has 0 amide bonds. The average molecular weight is 182 g/mol. The molecule has 1 aliphatic rings. The number of rotatable bonds is 2. The fourth-order valence-electron chi connectivity index (χ4n) is 1.11. The fraction of sp³-hybridized carbons (Fsp3) is 0.222. The van der Waals surface area contributed by atoms with E-state index in [4.69, 9.17) is 17.3 Å². The first-order valence-corrected chi connectivity index (χ1v) is 3.69. The van der Waals surface area contributed by atoms with Crippen LogP contribution in [0.25, 0.3) is 0 Å². The molecule has 1 aliphatic heterocycles. The van der Waals surface area contributed by atoms with Gasteiger partial charge < -0.3 is 14.6 Å². The van der Waals surface area contributed by atoms with Crippen molar-refractivity contribution < 1.29 is 22.1 Å². The van der Waals surface area contributed by atoms with Crippen molar-refractivity contribution in [2.24, 2.45) is 0 Å². The smallest absolute Gasteiger partial charge is 0.307 e. The van der Waals surface area contributed by atoms with Gasteiger partial charge in [-0.05, 0) is 17.7 Å². The molecule has 0 unspecified atom stereocenters. The Morgan fingerprint density at radius 1 is 1.54 bits per heavy atom. The van der Waals surface area contributed by atoms with Crippen LogP contribution in [-0.4, -0.2) is 17.8 Å². The number of carboxylic acids is 1. The first-order valence-electron chi connectivity index (χ1n) is 4.69. The lowest BCUT2D eigenvalue weighted by Gasteiger charge is -1.98. The minimum Gasteiger partial charge on any atom is -0.481 e. The van der Waals surface area contributed by atoms with Gasteiger partial charge in [0.1, 0.15) is 2.74 Å². The normalized spacial score (nSPS) is 19.1. The highest BCUT2D eigenvalue weighted by Crippen LogP contribution is 2.32. The molecular formula is C9H8O4. The lowest BCUT2D eigenvalue weighted by Crippen LogP contribution is -1.99. The van der Waals surface area contributed by atoms with E-state index in [-0.39, 0.29) is 17.9 Å². The largest absolute Gasteiger partial charge is 0.481 e. The van der Waals surface area contributed by atoms with Crippen LogP contribution in [0.3, 0.4) is 0 Å². The molecule has 0 bridgehead atoms. The molecule has 2 rings (SSSR count). The zero-order valence-corrected chi connectivity index (χ0v) is 6.61. The summed E-state index contributed by atoms with van der Waals surface area (Å²) in [5.74, 6) is -0.426. The van der Waals surface area contributed by atoms with E-state index >= 15 is 0 Å². The lowest BCUT2D eigenvalue weighted by molar-refractivity contribution is -0.136. The van der Waals surface area contributed by atoms with Crippen LogP contribution in [0.4, 0.5) is 0 Å². The van der Waals surface area contributed by atoms with Gasteiger partial charge in [-0.2, -0.15) is 0 Å². The SMILES string of the molecule is [2H]C1([2H])Oc2ccc(CC(=O)O)cc2O1. The predicted octanol–water partition coefficient (Wildman–Crippen LogP) is 1.04. The third-order valence-corrected chi connectivity index (χ3v) is 1.67. The zero-order valence-electron chi connectivity index (χ0n) is 8.61. The van der Waals surface area contributed by atoms with Gasteiger partial charge in [0.25, 0.3) is 0 Å². The van der Waals surface area contributed by atoms with Gasteiger partial charge in [-0.1, -0.05) is 6.07 Å². The van der Waals surface area contributed by atoms with Crippen LogP contribution in [-0.2, 0) is 11.2 Å². The van der Waals surface area contributed by atoms with Crippen molar-refractivity contribution in [3.8, 4) is 11.5 Å². The second-order valence-electron chi connectivity index (χ2n) is 2.64. The van der Waals surface area contributed by atoms with Crippen LogP contribution in [0.15, 0.2) is 18.2 Å². The molecule has 0 saturated carbocycles. The minimum atomic E-state index is -2.16. The van der Waals surface area contributed by atoms with Crippen molar-refractivity contribution in [2.45, 2.75) is 6.42 Å². The van der Waals surface area contributed by atoms with E-state index in [1.165, 1.54) is 12.1 Å². The van der Waals surface area contributed by atoms with Crippen LogP contribution in [0, 0.1) is 0 Å². The van der Waals surface area contributed by atoms with Crippen molar-refractivity contribution in [3.05, 3.63) is 23.8 Å². The van der Waals surface area contributed by atoms with Gasteiger partial charge in [0.05, 0.1) is 6.42 Å². The number of fused-ring (bicyclic) bond motifs is 1. The van der Waals surface area contributed by atoms with E-state index in [1.54, 1.807) is 6.07 Å². The van der Waals surface area contributed by atoms with Crippen molar-refractivity contribution in [2.75, 3.05) is 6.75 Å². The highest BCUT2D eigenvalue weighted by atomic mass is 16.7. The third-order valence-electron chi connectivity index (χ3n) is 1.67. The van der Waals surface area contributed by atoms with E-state index in [0.29, 0.717) is 5.56 Å².